The normalized spacial score (nSPS) is 10.4. The molecule has 7 heteroatoms. The summed E-state index contributed by atoms with van der Waals surface area (Å²) in [5.41, 5.74) is 1.29. The van der Waals surface area contributed by atoms with Gasteiger partial charge in [0.05, 0.1) is 19.3 Å². The predicted octanol–water partition coefficient (Wildman–Crippen LogP) is 0.609. The Morgan fingerprint density at radius 2 is 1.68 bits per heavy atom. The van der Waals surface area contributed by atoms with Crippen molar-refractivity contribution in [2.24, 2.45) is 0 Å². The Bertz CT molecular complexity index is 607. The van der Waals surface area contributed by atoms with Crippen molar-refractivity contribution >= 4 is 17.4 Å². The van der Waals surface area contributed by atoms with Gasteiger partial charge in [-0.15, -0.1) is 0 Å². The van der Waals surface area contributed by atoms with E-state index in [2.05, 4.69) is 0 Å². The van der Waals surface area contributed by atoms with E-state index in [1.807, 2.05) is 0 Å². The minimum Gasteiger partial charge on any atom is -1.00 e. The van der Waals surface area contributed by atoms with Crippen LogP contribution in [0.4, 0.5) is 13.2 Å². The van der Waals surface area contributed by atoms with E-state index < -0.39 is 11.7 Å². The molecule has 22 heavy (non-hydrogen) atoms. The van der Waals surface area contributed by atoms with Gasteiger partial charge >= 0.3 is 25.0 Å². The Morgan fingerprint density at radius 3 is 2.14 bits per heavy atom. The molecule has 3 radical (unpaired) electrons. The molecule has 1 N–H and O–H groups in total. The molecule has 2 aromatic rings. The topological polar surface area (TPSA) is 29.5 Å². The van der Waals surface area contributed by atoms with Crippen molar-refractivity contribution < 1.29 is 43.3 Å². The Balaban J connectivity index is 0. The molecular formula is C15H14AlF3LiO2. The molecule has 0 saturated heterocycles. The van der Waals surface area contributed by atoms with Crippen LogP contribution in [0.25, 0.3) is 11.1 Å². The van der Waals surface area contributed by atoms with Gasteiger partial charge < -0.3 is 11.3 Å². The van der Waals surface area contributed by atoms with Crippen molar-refractivity contribution in [3.8, 4) is 16.9 Å². The zero-order chi connectivity index (χ0) is 14.8. The van der Waals surface area contributed by atoms with Crippen LogP contribution in [-0.4, -0.2) is 29.6 Å². The van der Waals surface area contributed by atoms with Gasteiger partial charge in [0.25, 0.3) is 0 Å². The van der Waals surface area contributed by atoms with Gasteiger partial charge in [-0.2, -0.15) is 13.2 Å². The summed E-state index contributed by atoms with van der Waals surface area (Å²) in [7, 11) is 1.48. The smallest absolute Gasteiger partial charge is 1.00 e. The molecule has 0 aliphatic heterocycles. The van der Waals surface area contributed by atoms with Gasteiger partial charge in [0.1, 0.15) is 5.75 Å². The second kappa shape index (κ2) is 8.67. The summed E-state index contributed by atoms with van der Waals surface area (Å²) in [6.07, 6.45) is -4.34. The second-order valence-corrected chi connectivity index (χ2v) is 4.27. The number of ether oxygens (including phenoxy) is 1. The van der Waals surface area contributed by atoms with E-state index in [-0.39, 0.29) is 44.3 Å². The summed E-state index contributed by atoms with van der Waals surface area (Å²) in [5, 5.41) is 9.06. The van der Waals surface area contributed by atoms with E-state index in [1.54, 1.807) is 18.2 Å². The number of benzene rings is 2. The Kier molecular flexibility index (Phi) is 8.33. The van der Waals surface area contributed by atoms with Crippen LogP contribution in [-0.2, 0) is 12.8 Å². The molecule has 111 valence electrons. The van der Waals surface area contributed by atoms with Crippen LogP contribution in [0.1, 0.15) is 12.6 Å². The zero-order valence-corrected chi connectivity index (χ0v) is 13.5. The van der Waals surface area contributed by atoms with Crippen molar-refractivity contribution in [2.75, 3.05) is 7.11 Å². The molecule has 0 unspecified atom stereocenters. The quantitative estimate of drug-likeness (QED) is 0.841. The molecule has 0 aliphatic carbocycles. The summed E-state index contributed by atoms with van der Waals surface area (Å²) >= 11 is 0. The fourth-order valence-electron chi connectivity index (χ4n) is 1.91. The van der Waals surface area contributed by atoms with Crippen molar-refractivity contribution in [3.05, 3.63) is 53.6 Å². The fraction of sp³-hybridized carbons (Fsp3) is 0.200. The van der Waals surface area contributed by atoms with Crippen LogP contribution in [0.5, 0.6) is 5.75 Å². The Hall–Kier alpha value is -0.880. The average Bonchev–Trinajstić information content (AvgIpc) is 2.45. The van der Waals surface area contributed by atoms with Gasteiger partial charge in [-0.1, -0.05) is 24.3 Å². The summed E-state index contributed by atoms with van der Waals surface area (Å²) in [6.45, 7) is -0.121. The van der Waals surface area contributed by atoms with Gasteiger partial charge in [-0.25, -0.2) is 0 Å². The Morgan fingerprint density at radius 1 is 1.09 bits per heavy atom. The van der Waals surface area contributed by atoms with Crippen molar-refractivity contribution in [2.45, 2.75) is 12.8 Å². The standard InChI is InChI=1S/C15H13F3O2.Al.Li.H/c1-20-14-8-10(9-19)2-7-13(14)11-3-5-12(6-4-11)15(16,17)18;;;/h2-8,19H,9H2,1H3;;;/q;;+1;-1. The molecule has 0 aliphatic rings. The van der Waals surface area contributed by atoms with E-state index in [4.69, 9.17) is 9.84 Å². The van der Waals surface area contributed by atoms with Gasteiger partial charge in [-0.3, -0.25) is 0 Å². The maximum Gasteiger partial charge on any atom is 1.00 e. The summed E-state index contributed by atoms with van der Waals surface area (Å²) in [4.78, 5) is 0. The first-order valence-corrected chi connectivity index (χ1v) is 5.91. The van der Waals surface area contributed by atoms with E-state index >= 15 is 0 Å². The van der Waals surface area contributed by atoms with E-state index in [9.17, 15) is 13.2 Å². The van der Waals surface area contributed by atoms with Crippen LogP contribution >= 0.6 is 0 Å². The molecule has 0 amide bonds. The Labute approximate surface area is 151 Å². The van der Waals surface area contributed by atoms with Crippen molar-refractivity contribution in [1.82, 2.24) is 0 Å². The first-order valence-electron chi connectivity index (χ1n) is 5.91. The summed E-state index contributed by atoms with van der Waals surface area (Å²) in [6, 6.07) is 9.96. The van der Waals surface area contributed by atoms with Gasteiger partial charge in [0, 0.05) is 22.9 Å². The number of aliphatic hydroxyl groups is 1. The summed E-state index contributed by atoms with van der Waals surface area (Å²) < 4.78 is 42.7. The molecule has 2 aromatic carbocycles. The minimum atomic E-state index is -4.34. The largest absolute Gasteiger partial charge is 1.00 e. The molecular weight excluding hydrogens is 303 g/mol. The maximum absolute atomic E-state index is 12.5. The molecule has 2 rings (SSSR count). The van der Waals surface area contributed by atoms with E-state index in [1.165, 1.54) is 19.2 Å². The SMILES string of the molecule is COc1cc(CO)ccc1-c1ccc(C(F)(F)F)cc1.[Al].[H-].[Li+]. The molecule has 0 heterocycles. The third-order valence-corrected chi connectivity index (χ3v) is 2.97. The number of hydrogen-bond donors (Lipinski definition) is 1. The molecule has 0 atom stereocenters. The van der Waals surface area contributed by atoms with Crippen LogP contribution < -0.4 is 23.6 Å². The molecule has 0 saturated carbocycles. The molecule has 0 aromatic heterocycles. The summed E-state index contributed by atoms with van der Waals surface area (Å²) in [5.74, 6) is 0.510. The molecule has 0 bridgehead atoms. The third kappa shape index (κ3) is 4.81. The predicted molar refractivity (Wildman–Crippen MR) is 76.2 cm³/mol. The maximum atomic E-state index is 12.5. The molecule has 2 nitrogen and oxygen atoms in total. The van der Waals surface area contributed by atoms with Crippen LogP contribution in [0, 0.1) is 0 Å². The van der Waals surface area contributed by atoms with Crippen LogP contribution in [0.2, 0.25) is 0 Å². The monoisotopic (exact) mass is 317 g/mol. The number of alkyl halides is 3. The number of rotatable bonds is 3. The van der Waals surface area contributed by atoms with Crippen LogP contribution in [0.3, 0.4) is 0 Å². The second-order valence-electron chi connectivity index (χ2n) is 4.27. The number of hydrogen-bond acceptors (Lipinski definition) is 2. The minimum absolute atomic E-state index is 0. The fourth-order valence-corrected chi connectivity index (χ4v) is 1.91. The molecule has 0 fully saturated rings. The number of halogens is 3. The van der Waals surface area contributed by atoms with Crippen molar-refractivity contribution in [1.29, 1.82) is 0 Å². The van der Waals surface area contributed by atoms with E-state index in [0.717, 1.165) is 12.1 Å². The zero-order valence-electron chi connectivity index (χ0n) is 13.3. The third-order valence-electron chi connectivity index (χ3n) is 2.97. The van der Waals surface area contributed by atoms with Crippen LogP contribution in [0.15, 0.2) is 42.5 Å². The van der Waals surface area contributed by atoms with E-state index in [0.29, 0.717) is 22.4 Å². The van der Waals surface area contributed by atoms with Crippen molar-refractivity contribution in [3.63, 3.8) is 0 Å². The average molecular weight is 317 g/mol. The first kappa shape index (κ1) is 21.1. The number of methoxy groups -OCH3 is 1. The molecule has 0 spiro atoms. The van der Waals surface area contributed by atoms with Gasteiger partial charge in [0.2, 0.25) is 0 Å². The van der Waals surface area contributed by atoms with Gasteiger partial charge in [0.15, 0.2) is 0 Å². The van der Waals surface area contributed by atoms with Gasteiger partial charge in [-0.05, 0) is 29.3 Å². The number of aliphatic hydroxyl groups excluding tert-OH is 1. The first-order chi connectivity index (χ1) is 9.45.